The summed E-state index contributed by atoms with van der Waals surface area (Å²) in [4.78, 5) is 32.6. The van der Waals surface area contributed by atoms with Crippen molar-refractivity contribution >= 4 is 23.2 Å². The Morgan fingerprint density at radius 3 is 2.62 bits per heavy atom. The van der Waals surface area contributed by atoms with Gasteiger partial charge < -0.3 is 10.6 Å². The molecule has 2 amide bonds. The van der Waals surface area contributed by atoms with E-state index in [-0.39, 0.29) is 11.9 Å². The normalized spacial score (nSPS) is 16.8. The first-order valence-corrected chi connectivity index (χ1v) is 8.76. The van der Waals surface area contributed by atoms with Crippen LogP contribution in [0.2, 0.25) is 0 Å². The number of pyridine rings is 1. The SMILES string of the molecule is C[C@@H](c1cccnc1)N1CCN(C(=O)c2cc(C(N)=O)cs2)CC1. The zero-order valence-corrected chi connectivity index (χ0v) is 14.3. The molecule has 1 aliphatic heterocycles. The van der Waals surface area contributed by atoms with Gasteiger partial charge in [0.05, 0.1) is 10.4 Å². The van der Waals surface area contributed by atoms with Crippen LogP contribution < -0.4 is 5.73 Å². The van der Waals surface area contributed by atoms with Crippen molar-refractivity contribution in [3.8, 4) is 0 Å². The maximum Gasteiger partial charge on any atom is 0.264 e. The van der Waals surface area contributed by atoms with Gasteiger partial charge in [0.1, 0.15) is 0 Å². The van der Waals surface area contributed by atoms with E-state index in [0.717, 1.165) is 13.1 Å². The van der Waals surface area contributed by atoms with Crippen molar-refractivity contribution in [3.63, 3.8) is 0 Å². The monoisotopic (exact) mass is 344 g/mol. The summed E-state index contributed by atoms with van der Waals surface area (Å²) in [5.74, 6) is -0.526. The number of rotatable bonds is 4. The molecule has 0 bridgehead atoms. The number of nitrogens with two attached hydrogens (primary N) is 1. The van der Waals surface area contributed by atoms with Crippen LogP contribution in [0.1, 0.15) is 38.6 Å². The quantitative estimate of drug-likeness (QED) is 0.916. The van der Waals surface area contributed by atoms with Gasteiger partial charge in [-0.05, 0) is 24.6 Å². The first-order valence-electron chi connectivity index (χ1n) is 7.88. The number of carbonyl (C=O) groups excluding carboxylic acids is 2. The molecule has 0 radical (unpaired) electrons. The molecule has 0 unspecified atom stereocenters. The third-order valence-corrected chi connectivity index (χ3v) is 5.33. The number of thiophene rings is 1. The lowest BCUT2D eigenvalue weighted by atomic mass is 10.1. The van der Waals surface area contributed by atoms with E-state index >= 15 is 0 Å². The molecule has 3 rings (SSSR count). The van der Waals surface area contributed by atoms with Crippen LogP contribution in [0.15, 0.2) is 36.0 Å². The Bertz CT molecular complexity index is 723. The molecule has 2 aromatic rings. The van der Waals surface area contributed by atoms with Gasteiger partial charge in [-0.15, -0.1) is 11.3 Å². The molecule has 6 nitrogen and oxygen atoms in total. The molecule has 1 fully saturated rings. The Hall–Kier alpha value is -2.25. The number of hydrogen-bond acceptors (Lipinski definition) is 5. The van der Waals surface area contributed by atoms with Gasteiger partial charge >= 0.3 is 0 Å². The van der Waals surface area contributed by atoms with Crippen LogP contribution in [0.4, 0.5) is 0 Å². The van der Waals surface area contributed by atoms with Crippen molar-refractivity contribution in [1.82, 2.24) is 14.8 Å². The molecular weight excluding hydrogens is 324 g/mol. The maximum atomic E-state index is 12.5. The Balaban J connectivity index is 1.60. The van der Waals surface area contributed by atoms with E-state index in [9.17, 15) is 9.59 Å². The molecule has 1 aliphatic rings. The van der Waals surface area contributed by atoms with E-state index in [1.54, 1.807) is 17.6 Å². The van der Waals surface area contributed by atoms with E-state index in [1.807, 2.05) is 17.2 Å². The number of carbonyl (C=O) groups is 2. The van der Waals surface area contributed by atoms with Crippen molar-refractivity contribution in [2.45, 2.75) is 13.0 Å². The molecule has 2 N–H and O–H groups in total. The number of nitrogens with zero attached hydrogens (tertiary/aromatic N) is 3. The topological polar surface area (TPSA) is 79.5 Å². The predicted molar refractivity (Wildman–Crippen MR) is 93.0 cm³/mol. The zero-order chi connectivity index (χ0) is 17.1. The number of piperazine rings is 1. The molecule has 0 aromatic carbocycles. The van der Waals surface area contributed by atoms with E-state index in [1.165, 1.54) is 16.9 Å². The highest BCUT2D eigenvalue weighted by molar-refractivity contribution is 7.12. The van der Waals surface area contributed by atoms with Crippen molar-refractivity contribution in [2.75, 3.05) is 26.2 Å². The molecule has 0 aliphatic carbocycles. The highest BCUT2D eigenvalue weighted by Gasteiger charge is 2.26. The lowest BCUT2D eigenvalue weighted by molar-refractivity contribution is 0.0586. The van der Waals surface area contributed by atoms with Crippen molar-refractivity contribution < 1.29 is 9.59 Å². The fraction of sp³-hybridized carbons (Fsp3) is 0.353. The van der Waals surface area contributed by atoms with E-state index in [4.69, 9.17) is 5.73 Å². The minimum atomic E-state index is -0.500. The Kier molecular flexibility index (Phi) is 4.92. The first-order chi connectivity index (χ1) is 11.6. The summed E-state index contributed by atoms with van der Waals surface area (Å²) in [6, 6.07) is 5.88. The Labute approximate surface area is 144 Å². The lowest BCUT2D eigenvalue weighted by Crippen LogP contribution is -2.49. The second-order valence-electron chi connectivity index (χ2n) is 5.85. The molecule has 126 valence electrons. The highest BCUT2D eigenvalue weighted by Crippen LogP contribution is 2.22. The summed E-state index contributed by atoms with van der Waals surface area (Å²) < 4.78 is 0. The fourth-order valence-electron chi connectivity index (χ4n) is 2.88. The lowest BCUT2D eigenvalue weighted by Gasteiger charge is -2.38. The smallest absolute Gasteiger partial charge is 0.264 e. The molecule has 0 spiro atoms. The molecule has 3 heterocycles. The van der Waals surface area contributed by atoms with Gasteiger partial charge in [0.25, 0.3) is 5.91 Å². The van der Waals surface area contributed by atoms with Crippen LogP contribution in [0, 0.1) is 0 Å². The van der Waals surface area contributed by atoms with Crippen LogP contribution >= 0.6 is 11.3 Å². The summed E-state index contributed by atoms with van der Waals surface area (Å²) in [5, 5.41) is 1.64. The van der Waals surface area contributed by atoms with Gasteiger partial charge in [-0.2, -0.15) is 0 Å². The van der Waals surface area contributed by atoms with Gasteiger partial charge in [0.2, 0.25) is 5.91 Å². The number of amides is 2. The summed E-state index contributed by atoms with van der Waals surface area (Å²) >= 11 is 1.27. The van der Waals surface area contributed by atoms with Crippen LogP contribution in [0.5, 0.6) is 0 Å². The van der Waals surface area contributed by atoms with Gasteiger partial charge in [0.15, 0.2) is 0 Å². The minimum absolute atomic E-state index is 0.0267. The molecule has 7 heteroatoms. The second-order valence-corrected chi connectivity index (χ2v) is 6.77. The molecule has 1 atom stereocenters. The van der Waals surface area contributed by atoms with Crippen molar-refractivity contribution in [2.24, 2.45) is 5.73 Å². The fourth-order valence-corrected chi connectivity index (χ4v) is 3.74. The minimum Gasteiger partial charge on any atom is -0.366 e. The van der Waals surface area contributed by atoms with Crippen LogP contribution in [0.25, 0.3) is 0 Å². The van der Waals surface area contributed by atoms with Crippen molar-refractivity contribution in [1.29, 1.82) is 0 Å². The molecule has 0 saturated carbocycles. The average molecular weight is 344 g/mol. The van der Waals surface area contributed by atoms with Crippen LogP contribution in [0.3, 0.4) is 0 Å². The highest BCUT2D eigenvalue weighted by atomic mass is 32.1. The molecule has 24 heavy (non-hydrogen) atoms. The number of hydrogen-bond donors (Lipinski definition) is 1. The van der Waals surface area contributed by atoms with Gasteiger partial charge in [-0.3, -0.25) is 19.5 Å². The summed E-state index contributed by atoms with van der Waals surface area (Å²) in [6.07, 6.45) is 3.66. The second kappa shape index (κ2) is 7.11. The van der Waals surface area contributed by atoms with E-state index in [2.05, 4.69) is 22.9 Å². The third-order valence-electron chi connectivity index (χ3n) is 4.41. The molecule has 2 aromatic heterocycles. The number of aromatic nitrogens is 1. The standard InChI is InChI=1S/C17H20N4O2S/c1-12(13-3-2-4-19-10-13)20-5-7-21(8-6-20)17(23)15-9-14(11-24-15)16(18)22/h2-4,9-12H,5-8H2,1H3,(H2,18,22)/t12-/m0/s1. The van der Waals surface area contributed by atoms with E-state index in [0.29, 0.717) is 23.5 Å². The van der Waals surface area contributed by atoms with Gasteiger partial charge in [0, 0.05) is 50.0 Å². The van der Waals surface area contributed by atoms with Crippen LogP contribution in [-0.4, -0.2) is 52.8 Å². The maximum absolute atomic E-state index is 12.5. The Morgan fingerprint density at radius 2 is 2.04 bits per heavy atom. The predicted octanol–water partition coefficient (Wildman–Crippen LogP) is 1.76. The summed E-state index contributed by atoms with van der Waals surface area (Å²) in [6.45, 7) is 5.14. The summed E-state index contributed by atoms with van der Waals surface area (Å²) in [7, 11) is 0. The first kappa shape index (κ1) is 16.6. The average Bonchev–Trinajstić information content (AvgIpc) is 3.12. The Morgan fingerprint density at radius 1 is 1.29 bits per heavy atom. The molecule has 1 saturated heterocycles. The molecular formula is C17H20N4O2S. The van der Waals surface area contributed by atoms with Crippen molar-refractivity contribution in [3.05, 3.63) is 52.0 Å². The summed E-state index contributed by atoms with van der Waals surface area (Å²) in [5.41, 5.74) is 6.82. The third kappa shape index (κ3) is 3.47. The van der Waals surface area contributed by atoms with E-state index < -0.39 is 5.91 Å². The van der Waals surface area contributed by atoms with Gasteiger partial charge in [-0.25, -0.2) is 0 Å². The largest absolute Gasteiger partial charge is 0.366 e. The van der Waals surface area contributed by atoms with Gasteiger partial charge in [-0.1, -0.05) is 6.07 Å². The van der Waals surface area contributed by atoms with Crippen LogP contribution in [-0.2, 0) is 0 Å². The number of primary amides is 1. The zero-order valence-electron chi connectivity index (χ0n) is 13.5.